The largest absolute Gasteiger partial charge is 0.536 e. The number of rotatable bonds is 7. The summed E-state index contributed by atoms with van der Waals surface area (Å²) in [5, 5.41) is 13.3. The van der Waals surface area contributed by atoms with E-state index in [2.05, 4.69) is 5.32 Å². The van der Waals surface area contributed by atoms with Gasteiger partial charge in [0.2, 0.25) is 0 Å². The zero-order valence-corrected chi connectivity index (χ0v) is 20.5. The number of nitrogens with one attached hydrogen (secondary N) is 1. The summed E-state index contributed by atoms with van der Waals surface area (Å²) < 4.78 is 5.72. The Kier molecular flexibility index (Phi) is 7.74. The van der Waals surface area contributed by atoms with Crippen molar-refractivity contribution >= 4 is 30.7 Å². The Balaban J connectivity index is 1.49. The standard InChI is InChI=1S/C26H30BN3O6/c1-3-29-12-13-30(25(33)24(29)32)26(34)28-21(14-18-9-5-4-6-10-18)22(31)16-20-15-19-11-7-8-17(2)23(19)36-27(20)35/h4-11,20-21,35H,3,12-16H2,1-2H3,(H,28,34)/t20-,21?/m1/s1. The van der Waals surface area contributed by atoms with Gasteiger partial charge in [0.1, 0.15) is 5.75 Å². The number of carbonyl (C=O) groups is 4. The van der Waals surface area contributed by atoms with Crippen molar-refractivity contribution in [2.24, 2.45) is 0 Å². The smallest absolute Gasteiger partial charge is 0.526 e. The molecule has 0 spiro atoms. The molecular formula is C26H30BN3O6. The fourth-order valence-electron chi connectivity index (χ4n) is 4.71. The molecule has 2 atom stereocenters. The van der Waals surface area contributed by atoms with Gasteiger partial charge < -0.3 is 19.9 Å². The van der Waals surface area contributed by atoms with Gasteiger partial charge in [0.25, 0.3) is 0 Å². The van der Waals surface area contributed by atoms with Crippen molar-refractivity contribution in [3.05, 3.63) is 65.2 Å². The molecule has 2 aliphatic heterocycles. The van der Waals surface area contributed by atoms with Gasteiger partial charge in [0, 0.05) is 31.9 Å². The number of nitrogens with zero attached hydrogens (tertiary/aromatic N) is 2. The van der Waals surface area contributed by atoms with Crippen LogP contribution in [-0.2, 0) is 27.2 Å². The number of hydrogen-bond acceptors (Lipinski definition) is 6. The van der Waals surface area contributed by atoms with E-state index in [4.69, 9.17) is 4.65 Å². The van der Waals surface area contributed by atoms with Crippen molar-refractivity contribution < 1.29 is 28.9 Å². The first-order valence-electron chi connectivity index (χ1n) is 12.2. The molecule has 0 aromatic heterocycles. The maximum atomic E-state index is 13.4. The normalized spacial score (nSPS) is 18.4. The van der Waals surface area contributed by atoms with Crippen LogP contribution in [0, 0.1) is 6.92 Å². The number of imide groups is 1. The van der Waals surface area contributed by atoms with E-state index in [1.54, 1.807) is 6.92 Å². The maximum Gasteiger partial charge on any atom is 0.526 e. The third-order valence-electron chi connectivity index (χ3n) is 6.79. The number of benzene rings is 2. The lowest BCUT2D eigenvalue weighted by molar-refractivity contribution is -0.153. The number of fused-ring (bicyclic) bond motifs is 1. The van der Waals surface area contributed by atoms with Crippen LogP contribution >= 0.6 is 0 Å². The van der Waals surface area contributed by atoms with Crippen molar-refractivity contribution in [1.29, 1.82) is 0 Å². The summed E-state index contributed by atoms with van der Waals surface area (Å²) in [6.45, 7) is 4.34. The number of likely N-dealkylation sites (N-methyl/N-ethyl adjacent to an activating group) is 1. The molecule has 2 aliphatic rings. The summed E-state index contributed by atoms with van der Waals surface area (Å²) in [6, 6.07) is 13.2. The van der Waals surface area contributed by atoms with E-state index in [1.807, 2.05) is 55.5 Å². The molecule has 0 aliphatic carbocycles. The number of urea groups is 1. The van der Waals surface area contributed by atoms with Gasteiger partial charge in [-0.15, -0.1) is 0 Å². The van der Waals surface area contributed by atoms with Gasteiger partial charge in [-0.2, -0.15) is 0 Å². The Hall–Kier alpha value is -3.66. The molecule has 2 N–H and O–H groups in total. The molecule has 1 saturated heterocycles. The quantitative estimate of drug-likeness (QED) is 0.451. The molecule has 1 unspecified atom stereocenters. The molecule has 0 radical (unpaired) electrons. The highest BCUT2D eigenvalue weighted by molar-refractivity contribution is 6.46. The number of Topliss-reactive ketones (excluding diaryl/α,β-unsaturated/α-hetero) is 1. The second-order valence-corrected chi connectivity index (χ2v) is 9.24. The van der Waals surface area contributed by atoms with E-state index in [0.29, 0.717) is 18.7 Å². The Morgan fingerprint density at radius 3 is 2.58 bits per heavy atom. The Labute approximate surface area is 210 Å². The molecule has 2 heterocycles. The SMILES string of the molecule is CCN1CCN(C(=O)NC(Cc2ccccc2)C(=O)C[C@H]2Cc3cccc(C)c3OB2O)C(=O)C1=O. The van der Waals surface area contributed by atoms with Gasteiger partial charge in [-0.05, 0) is 43.4 Å². The number of hydrogen-bond donors (Lipinski definition) is 2. The second-order valence-electron chi connectivity index (χ2n) is 9.24. The average molecular weight is 491 g/mol. The van der Waals surface area contributed by atoms with E-state index in [1.165, 1.54) is 4.90 Å². The van der Waals surface area contributed by atoms with E-state index in [0.717, 1.165) is 21.6 Å². The first-order chi connectivity index (χ1) is 17.3. The van der Waals surface area contributed by atoms with Crippen LogP contribution in [0.4, 0.5) is 4.79 Å². The molecular weight excluding hydrogens is 461 g/mol. The molecule has 10 heteroatoms. The maximum absolute atomic E-state index is 13.4. The van der Waals surface area contributed by atoms with Gasteiger partial charge in [-0.1, -0.05) is 48.5 Å². The fourth-order valence-corrected chi connectivity index (χ4v) is 4.71. The number of amides is 4. The lowest BCUT2D eigenvalue weighted by Crippen LogP contribution is -2.60. The minimum absolute atomic E-state index is 0.0250. The van der Waals surface area contributed by atoms with E-state index in [-0.39, 0.29) is 31.7 Å². The van der Waals surface area contributed by atoms with Crippen LogP contribution in [0.25, 0.3) is 0 Å². The molecule has 2 aromatic carbocycles. The van der Waals surface area contributed by atoms with Crippen LogP contribution in [0.5, 0.6) is 5.75 Å². The summed E-state index contributed by atoms with van der Waals surface area (Å²) in [5.74, 6) is -1.78. The summed E-state index contributed by atoms with van der Waals surface area (Å²) in [4.78, 5) is 53.4. The number of aryl methyl sites for hydroxylation is 1. The Bertz CT molecular complexity index is 1160. The van der Waals surface area contributed by atoms with Gasteiger partial charge in [-0.25, -0.2) is 4.79 Å². The molecule has 9 nitrogen and oxygen atoms in total. The van der Waals surface area contributed by atoms with Crippen LogP contribution < -0.4 is 9.97 Å². The minimum Gasteiger partial charge on any atom is -0.536 e. The van der Waals surface area contributed by atoms with Gasteiger partial charge in [-0.3, -0.25) is 19.3 Å². The number of piperazine rings is 1. The monoisotopic (exact) mass is 491 g/mol. The zero-order valence-electron chi connectivity index (χ0n) is 20.5. The summed E-state index contributed by atoms with van der Waals surface area (Å²) in [7, 11) is -1.16. The molecule has 2 aromatic rings. The van der Waals surface area contributed by atoms with Crippen molar-refractivity contribution in [2.75, 3.05) is 19.6 Å². The number of carbonyl (C=O) groups excluding carboxylic acids is 4. The van der Waals surface area contributed by atoms with Gasteiger partial charge >= 0.3 is 25.0 Å². The summed E-state index contributed by atoms with van der Waals surface area (Å²) in [5.41, 5.74) is 2.66. The van der Waals surface area contributed by atoms with E-state index < -0.39 is 36.8 Å². The number of para-hydroxylation sites is 1. The summed E-state index contributed by atoms with van der Waals surface area (Å²) >= 11 is 0. The molecule has 36 heavy (non-hydrogen) atoms. The topological polar surface area (TPSA) is 116 Å². The first-order valence-corrected chi connectivity index (χ1v) is 12.2. The highest BCUT2D eigenvalue weighted by atomic mass is 16.5. The predicted octanol–water partition coefficient (Wildman–Crippen LogP) is 1.75. The third kappa shape index (κ3) is 5.43. The van der Waals surface area contributed by atoms with E-state index in [9.17, 15) is 24.2 Å². The lowest BCUT2D eigenvalue weighted by atomic mass is 9.64. The highest BCUT2D eigenvalue weighted by Gasteiger charge is 2.40. The molecule has 4 rings (SSSR count). The molecule has 0 bridgehead atoms. The average Bonchev–Trinajstić information content (AvgIpc) is 2.87. The van der Waals surface area contributed by atoms with Crippen LogP contribution in [0.2, 0.25) is 5.82 Å². The van der Waals surface area contributed by atoms with Crippen molar-refractivity contribution in [3.63, 3.8) is 0 Å². The lowest BCUT2D eigenvalue weighted by Gasteiger charge is -2.33. The van der Waals surface area contributed by atoms with Crippen molar-refractivity contribution in [1.82, 2.24) is 15.1 Å². The highest BCUT2D eigenvalue weighted by Crippen LogP contribution is 2.36. The van der Waals surface area contributed by atoms with Crippen LogP contribution in [0.3, 0.4) is 0 Å². The van der Waals surface area contributed by atoms with Gasteiger partial charge in [0.05, 0.1) is 6.04 Å². The summed E-state index contributed by atoms with van der Waals surface area (Å²) in [6.07, 6.45) is 0.645. The molecule has 0 saturated carbocycles. The van der Waals surface area contributed by atoms with Crippen LogP contribution in [0.1, 0.15) is 30.0 Å². The predicted molar refractivity (Wildman–Crippen MR) is 133 cm³/mol. The molecule has 4 amide bonds. The third-order valence-corrected chi connectivity index (χ3v) is 6.79. The van der Waals surface area contributed by atoms with Crippen molar-refractivity contribution in [2.45, 2.75) is 45.0 Å². The first kappa shape index (κ1) is 25.4. The Morgan fingerprint density at radius 1 is 1.11 bits per heavy atom. The van der Waals surface area contributed by atoms with Gasteiger partial charge in [0.15, 0.2) is 5.78 Å². The number of ketones is 1. The van der Waals surface area contributed by atoms with Crippen molar-refractivity contribution in [3.8, 4) is 5.75 Å². The van der Waals surface area contributed by atoms with Crippen LogP contribution in [0.15, 0.2) is 48.5 Å². The van der Waals surface area contributed by atoms with Crippen LogP contribution in [-0.4, -0.2) is 71.2 Å². The molecule has 1 fully saturated rings. The Morgan fingerprint density at radius 2 is 1.86 bits per heavy atom. The van der Waals surface area contributed by atoms with E-state index >= 15 is 0 Å². The molecule has 188 valence electrons. The minimum atomic E-state index is -1.16. The fraction of sp³-hybridized carbons (Fsp3) is 0.385. The second kappa shape index (κ2) is 10.9. The zero-order chi connectivity index (χ0) is 25.8.